The van der Waals surface area contributed by atoms with E-state index in [-0.39, 0.29) is 12.5 Å². The molecule has 0 radical (unpaired) electrons. The number of nitrogens with zero attached hydrogens (tertiary/aromatic N) is 3. The number of ether oxygens (including phenoxy) is 2. The average molecular weight is 467 g/mol. The number of amides is 1. The molecule has 2 aromatic heterocycles. The van der Waals surface area contributed by atoms with Crippen molar-refractivity contribution >= 4 is 45.2 Å². The number of rotatable bonds is 7. The molecule has 0 spiro atoms. The molecule has 1 atom stereocenters. The van der Waals surface area contributed by atoms with Crippen molar-refractivity contribution < 1.29 is 23.9 Å². The summed E-state index contributed by atoms with van der Waals surface area (Å²) in [6.45, 7) is 2.70. The first-order chi connectivity index (χ1) is 16.0. The number of hydrogen-bond donors (Lipinski definition) is 1. The fourth-order valence-electron chi connectivity index (χ4n) is 3.63. The lowest BCUT2D eigenvalue weighted by molar-refractivity contribution is -0.141. The van der Waals surface area contributed by atoms with Crippen LogP contribution in [0.15, 0.2) is 48.8 Å². The molecule has 1 N–H and O–H groups in total. The van der Waals surface area contributed by atoms with Gasteiger partial charge in [0.1, 0.15) is 17.0 Å². The van der Waals surface area contributed by atoms with Gasteiger partial charge in [0.05, 0.1) is 25.6 Å². The number of fused-ring (bicyclic) bond motifs is 3. The maximum absolute atomic E-state index is 12.6. The molecule has 1 aliphatic heterocycles. The van der Waals surface area contributed by atoms with Crippen molar-refractivity contribution in [3.8, 4) is 0 Å². The first kappa shape index (κ1) is 22.4. The third-order valence-corrected chi connectivity index (χ3v) is 6.29. The van der Waals surface area contributed by atoms with Crippen molar-refractivity contribution in [2.75, 3.05) is 19.0 Å². The Morgan fingerprint density at radius 2 is 1.97 bits per heavy atom. The maximum atomic E-state index is 12.6. The van der Waals surface area contributed by atoms with Crippen molar-refractivity contribution in [2.45, 2.75) is 26.1 Å². The maximum Gasteiger partial charge on any atom is 0.333 e. The van der Waals surface area contributed by atoms with E-state index in [9.17, 15) is 14.4 Å². The molecule has 0 unspecified atom stereocenters. The van der Waals surface area contributed by atoms with Crippen LogP contribution in [-0.2, 0) is 36.9 Å². The van der Waals surface area contributed by atoms with Gasteiger partial charge >= 0.3 is 11.9 Å². The SMILES string of the molecule is CCOC(=O)/C=C/C(=O)N1Cc2sc3ncnc(N[C@H](C(=O)OC)c4ccccc4)c3c2C1. The molecule has 0 saturated heterocycles. The fourth-order valence-corrected chi connectivity index (χ4v) is 4.80. The quantitative estimate of drug-likeness (QED) is 0.418. The Morgan fingerprint density at radius 1 is 1.18 bits per heavy atom. The topological polar surface area (TPSA) is 111 Å². The first-order valence-corrected chi connectivity index (χ1v) is 11.1. The van der Waals surface area contributed by atoms with Crippen molar-refractivity contribution in [2.24, 2.45) is 0 Å². The second kappa shape index (κ2) is 9.78. The van der Waals surface area contributed by atoms with Crippen molar-refractivity contribution in [3.05, 3.63) is 64.8 Å². The summed E-state index contributed by atoms with van der Waals surface area (Å²) >= 11 is 1.47. The lowest BCUT2D eigenvalue weighted by Crippen LogP contribution is -2.24. The van der Waals surface area contributed by atoms with E-state index in [4.69, 9.17) is 9.47 Å². The van der Waals surface area contributed by atoms with Crippen LogP contribution in [0.2, 0.25) is 0 Å². The van der Waals surface area contributed by atoms with Crippen LogP contribution in [0.1, 0.15) is 29.0 Å². The van der Waals surface area contributed by atoms with Gasteiger partial charge < -0.3 is 19.7 Å². The summed E-state index contributed by atoms with van der Waals surface area (Å²) in [4.78, 5) is 48.7. The zero-order valence-electron chi connectivity index (χ0n) is 18.1. The Bertz CT molecular complexity index is 1220. The highest BCUT2D eigenvalue weighted by Crippen LogP contribution is 2.40. The van der Waals surface area contributed by atoms with E-state index in [0.29, 0.717) is 18.9 Å². The van der Waals surface area contributed by atoms with Gasteiger partial charge in [-0.15, -0.1) is 11.3 Å². The predicted octanol–water partition coefficient (Wildman–Crippen LogP) is 2.98. The predicted molar refractivity (Wildman–Crippen MR) is 122 cm³/mol. The van der Waals surface area contributed by atoms with Gasteiger partial charge in [0.2, 0.25) is 5.91 Å². The molecule has 9 nitrogen and oxygen atoms in total. The van der Waals surface area contributed by atoms with Gasteiger partial charge in [-0.05, 0) is 12.5 Å². The van der Waals surface area contributed by atoms with Crippen LogP contribution in [0.4, 0.5) is 5.82 Å². The molecule has 0 bridgehead atoms. The third kappa shape index (κ3) is 4.70. The summed E-state index contributed by atoms with van der Waals surface area (Å²) in [5, 5.41) is 3.98. The number of anilines is 1. The number of esters is 2. The van der Waals surface area contributed by atoms with E-state index in [0.717, 1.165) is 32.3 Å². The molecule has 1 aromatic carbocycles. The Kier molecular flexibility index (Phi) is 6.64. The number of nitrogens with one attached hydrogen (secondary N) is 1. The van der Waals surface area contributed by atoms with E-state index in [1.807, 2.05) is 30.3 Å². The van der Waals surface area contributed by atoms with Crippen molar-refractivity contribution in [3.63, 3.8) is 0 Å². The molecule has 0 saturated carbocycles. The summed E-state index contributed by atoms with van der Waals surface area (Å²) in [6, 6.07) is 8.48. The largest absolute Gasteiger partial charge is 0.467 e. The van der Waals surface area contributed by atoms with Gasteiger partial charge in [-0.25, -0.2) is 19.6 Å². The average Bonchev–Trinajstić information content (AvgIpc) is 3.39. The van der Waals surface area contributed by atoms with E-state index in [2.05, 4.69) is 15.3 Å². The van der Waals surface area contributed by atoms with E-state index >= 15 is 0 Å². The number of aromatic nitrogens is 2. The molecule has 10 heteroatoms. The van der Waals surface area contributed by atoms with Crippen LogP contribution in [0, 0.1) is 0 Å². The van der Waals surface area contributed by atoms with Crippen LogP contribution in [0.5, 0.6) is 0 Å². The zero-order valence-corrected chi connectivity index (χ0v) is 18.9. The molecule has 1 amide bonds. The standard InChI is InChI=1S/C23H22N4O5S/c1-3-32-18(29)10-9-17(28)27-11-15-16(12-27)33-22-19(15)21(24-13-25-22)26-20(23(30)31-2)14-7-5-4-6-8-14/h4-10,13,20H,3,11-12H2,1-2H3,(H,24,25,26)/b10-9+/t20-/m0/s1. The molecule has 0 aliphatic carbocycles. The highest BCUT2D eigenvalue weighted by atomic mass is 32.1. The lowest BCUT2D eigenvalue weighted by atomic mass is 10.1. The molecule has 3 heterocycles. The monoisotopic (exact) mass is 466 g/mol. The smallest absolute Gasteiger partial charge is 0.333 e. The van der Waals surface area contributed by atoms with Crippen LogP contribution in [0.25, 0.3) is 10.2 Å². The Labute approximate surface area is 194 Å². The lowest BCUT2D eigenvalue weighted by Gasteiger charge is -2.18. The van der Waals surface area contributed by atoms with Crippen LogP contribution in [-0.4, -0.2) is 46.4 Å². The third-order valence-electron chi connectivity index (χ3n) is 5.17. The van der Waals surface area contributed by atoms with Gasteiger partial charge in [0.15, 0.2) is 6.04 Å². The Balaban J connectivity index is 1.61. The zero-order chi connectivity index (χ0) is 23.4. The van der Waals surface area contributed by atoms with Crippen LogP contribution in [0.3, 0.4) is 0 Å². The summed E-state index contributed by atoms with van der Waals surface area (Å²) in [5.41, 5.74) is 1.66. The number of thiophene rings is 1. The van der Waals surface area contributed by atoms with Gasteiger partial charge in [-0.1, -0.05) is 30.3 Å². The van der Waals surface area contributed by atoms with Crippen molar-refractivity contribution in [1.29, 1.82) is 0 Å². The second-order valence-corrected chi connectivity index (χ2v) is 8.28. The second-order valence-electron chi connectivity index (χ2n) is 7.20. The first-order valence-electron chi connectivity index (χ1n) is 10.3. The molecule has 1 aliphatic rings. The summed E-state index contributed by atoms with van der Waals surface area (Å²) in [6.07, 6.45) is 3.79. The van der Waals surface area contributed by atoms with E-state index < -0.39 is 18.0 Å². The Morgan fingerprint density at radius 3 is 2.70 bits per heavy atom. The van der Waals surface area contributed by atoms with Crippen LogP contribution >= 0.6 is 11.3 Å². The minimum absolute atomic E-state index is 0.246. The Hall–Kier alpha value is -3.79. The highest BCUT2D eigenvalue weighted by Gasteiger charge is 2.30. The van der Waals surface area contributed by atoms with E-state index in [1.54, 1.807) is 11.8 Å². The molecule has 33 heavy (non-hydrogen) atoms. The summed E-state index contributed by atoms with van der Waals surface area (Å²) < 4.78 is 9.82. The number of benzene rings is 1. The summed E-state index contributed by atoms with van der Waals surface area (Å²) in [7, 11) is 1.34. The number of carbonyl (C=O) groups excluding carboxylic acids is 3. The minimum Gasteiger partial charge on any atom is -0.467 e. The molecule has 3 aromatic rings. The molecular weight excluding hydrogens is 444 g/mol. The van der Waals surface area contributed by atoms with Gasteiger partial charge in [0, 0.05) is 29.1 Å². The molecular formula is C23H22N4O5S. The molecule has 4 rings (SSSR count). The minimum atomic E-state index is -0.753. The van der Waals surface area contributed by atoms with Crippen molar-refractivity contribution in [1.82, 2.24) is 14.9 Å². The van der Waals surface area contributed by atoms with Gasteiger partial charge in [-0.3, -0.25) is 4.79 Å². The van der Waals surface area contributed by atoms with E-state index in [1.165, 1.54) is 30.8 Å². The normalized spacial score (nSPS) is 13.7. The van der Waals surface area contributed by atoms with Gasteiger partial charge in [-0.2, -0.15) is 0 Å². The number of carbonyl (C=O) groups is 3. The van der Waals surface area contributed by atoms with Gasteiger partial charge in [0.25, 0.3) is 0 Å². The number of hydrogen-bond acceptors (Lipinski definition) is 9. The summed E-state index contributed by atoms with van der Waals surface area (Å²) in [5.74, 6) is -0.795. The number of methoxy groups -OCH3 is 1. The van der Waals surface area contributed by atoms with Crippen LogP contribution < -0.4 is 5.32 Å². The molecule has 0 fully saturated rings. The molecule has 170 valence electrons. The fraction of sp³-hybridized carbons (Fsp3) is 0.261. The highest BCUT2D eigenvalue weighted by molar-refractivity contribution is 7.19.